The Morgan fingerprint density at radius 1 is 0.377 bits per heavy atom. The SMILES string of the molecule is c1ccc(-c2nc3c(o2)c(-c2ccc(N(c4ccc(-c5ccc6ccccc6c5)cc4)c4ccc5c(c4)c4ccccc4n5-c4ccccc4)cc2)cc2ccccc23)cc1. The Bertz CT molecular complexity index is 3570. The molecule has 4 heteroatoms. The zero-order chi connectivity index (χ0) is 40.3. The Balaban J connectivity index is 1.00. The van der Waals surface area contributed by atoms with Crippen LogP contribution in [0.15, 0.2) is 229 Å². The molecule has 4 nitrogen and oxygen atoms in total. The highest BCUT2D eigenvalue weighted by Gasteiger charge is 2.20. The molecule has 0 atom stereocenters. The predicted molar refractivity (Wildman–Crippen MR) is 254 cm³/mol. The third-order valence-electron chi connectivity index (χ3n) is 12.0. The Morgan fingerprint density at radius 2 is 0.967 bits per heavy atom. The molecular formula is C57H37N3O. The highest BCUT2D eigenvalue weighted by atomic mass is 16.3. The summed E-state index contributed by atoms with van der Waals surface area (Å²) < 4.78 is 8.99. The minimum absolute atomic E-state index is 0.618. The van der Waals surface area contributed by atoms with Gasteiger partial charge in [0.25, 0.3) is 0 Å². The largest absolute Gasteiger partial charge is 0.435 e. The average Bonchev–Trinajstić information content (AvgIpc) is 3.93. The second-order valence-corrected chi connectivity index (χ2v) is 15.6. The number of para-hydroxylation sites is 2. The van der Waals surface area contributed by atoms with Crippen LogP contribution >= 0.6 is 0 Å². The molecule has 61 heavy (non-hydrogen) atoms. The van der Waals surface area contributed by atoms with E-state index >= 15 is 0 Å². The van der Waals surface area contributed by atoms with Crippen LogP contribution in [-0.4, -0.2) is 9.55 Å². The smallest absolute Gasteiger partial charge is 0.227 e. The van der Waals surface area contributed by atoms with Crippen molar-refractivity contribution in [3.05, 3.63) is 224 Å². The van der Waals surface area contributed by atoms with Gasteiger partial charge < -0.3 is 13.9 Å². The van der Waals surface area contributed by atoms with Gasteiger partial charge >= 0.3 is 0 Å². The first-order chi connectivity index (χ1) is 30.2. The molecule has 10 aromatic carbocycles. The highest BCUT2D eigenvalue weighted by molar-refractivity contribution is 6.12. The van der Waals surface area contributed by atoms with E-state index in [1.807, 2.05) is 30.3 Å². The molecule has 0 fully saturated rings. The van der Waals surface area contributed by atoms with Crippen molar-refractivity contribution in [3.8, 4) is 39.4 Å². The van der Waals surface area contributed by atoms with Crippen LogP contribution in [-0.2, 0) is 0 Å². The Kier molecular flexibility index (Phi) is 8.13. The molecular weight excluding hydrogens is 743 g/mol. The van der Waals surface area contributed by atoms with Gasteiger partial charge in [0.2, 0.25) is 5.89 Å². The fourth-order valence-corrected chi connectivity index (χ4v) is 9.03. The Hall–Kier alpha value is -8.21. The third kappa shape index (κ3) is 5.96. The minimum atomic E-state index is 0.618. The molecule has 12 aromatic rings. The van der Waals surface area contributed by atoms with E-state index in [2.05, 4.69) is 204 Å². The molecule has 0 N–H and O–H groups in total. The van der Waals surface area contributed by atoms with Crippen LogP contribution < -0.4 is 4.90 Å². The van der Waals surface area contributed by atoms with Crippen LogP contribution in [0.4, 0.5) is 17.1 Å². The Morgan fingerprint density at radius 3 is 1.74 bits per heavy atom. The fraction of sp³-hybridized carbons (Fsp3) is 0. The second kappa shape index (κ2) is 14.3. The molecule has 0 radical (unpaired) electrons. The van der Waals surface area contributed by atoms with Gasteiger partial charge in [-0.2, -0.15) is 0 Å². The van der Waals surface area contributed by atoms with Gasteiger partial charge in [-0.05, 0) is 118 Å². The molecule has 2 aromatic heterocycles. The van der Waals surface area contributed by atoms with E-state index < -0.39 is 0 Å². The lowest BCUT2D eigenvalue weighted by molar-refractivity contribution is 0.621. The zero-order valence-corrected chi connectivity index (χ0v) is 33.1. The molecule has 0 aliphatic rings. The van der Waals surface area contributed by atoms with Gasteiger partial charge in [0.05, 0.1) is 11.0 Å². The number of oxazole rings is 1. The summed E-state index contributed by atoms with van der Waals surface area (Å²) in [5.41, 5.74) is 13.7. The van der Waals surface area contributed by atoms with Crippen LogP contribution in [0.1, 0.15) is 0 Å². The predicted octanol–water partition coefficient (Wildman–Crippen LogP) is 15.7. The van der Waals surface area contributed by atoms with Crippen molar-refractivity contribution in [1.82, 2.24) is 9.55 Å². The number of rotatable bonds is 7. The van der Waals surface area contributed by atoms with E-state index in [4.69, 9.17) is 9.40 Å². The molecule has 0 spiro atoms. The summed E-state index contributed by atoms with van der Waals surface area (Å²) >= 11 is 0. The monoisotopic (exact) mass is 779 g/mol. The molecule has 0 aliphatic carbocycles. The lowest BCUT2D eigenvalue weighted by Gasteiger charge is -2.26. The van der Waals surface area contributed by atoms with Crippen molar-refractivity contribution in [2.45, 2.75) is 0 Å². The first kappa shape index (κ1) is 34.8. The quantitative estimate of drug-likeness (QED) is 0.162. The lowest BCUT2D eigenvalue weighted by atomic mass is 9.99. The minimum Gasteiger partial charge on any atom is -0.435 e. The molecule has 0 saturated carbocycles. The van der Waals surface area contributed by atoms with Gasteiger partial charge in [0.1, 0.15) is 5.52 Å². The van der Waals surface area contributed by atoms with Crippen molar-refractivity contribution in [2.24, 2.45) is 0 Å². The number of aromatic nitrogens is 2. The zero-order valence-electron chi connectivity index (χ0n) is 33.1. The average molecular weight is 780 g/mol. The number of fused-ring (bicyclic) bond motifs is 7. The molecule has 0 bridgehead atoms. The number of nitrogens with zero attached hydrogens (tertiary/aromatic N) is 3. The van der Waals surface area contributed by atoms with Crippen LogP contribution in [0, 0.1) is 0 Å². The highest BCUT2D eigenvalue weighted by Crippen LogP contribution is 2.43. The first-order valence-corrected chi connectivity index (χ1v) is 20.7. The van der Waals surface area contributed by atoms with Crippen molar-refractivity contribution < 1.29 is 4.42 Å². The number of hydrogen-bond acceptors (Lipinski definition) is 3. The van der Waals surface area contributed by atoms with Gasteiger partial charge in [0.15, 0.2) is 5.58 Å². The maximum Gasteiger partial charge on any atom is 0.227 e. The summed E-state index contributed by atoms with van der Waals surface area (Å²) in [7, 11) is 0. The molecule has 2 heterocycles. The molecule has 0 unspecified atom stereocenters. The maximum absolute atomic E-state index is 6.62. The summed E-state index contributed by atoms with van der Waals surface area (Å²) in [6.07, 6.45) is 0. The topological polar surface area (TPSA) is 34.2 Å². The summed E-state index contributed by atoms with van der Waals surface area (Å²) in [4.78, 5) is 7.42. The van der Waals surface area contributed by atoms with Crippen LogP contribution in [0.5, 0.6) is 0 Å². The normalized spacial score (nSPS) is 11.6. The molecule has 0 aliphatic heterocycles. The van der Waals surface area contributed by atoms with Crippen molar-refractivity contribution >= 4 is 71.5 Å². The lowest BCUT2D eigenvalue weighted by Crippen LogP contribution is -2.10. The number of anilines is 3. The maximum atomic E-state index is 6.62. The van der Waals surface area contributed by atoms with E-state index in [0.29, 0.717) is 5.89 Å². The molecule has 0 saturated heterocycles. The first-order valence-electron chi connectivity index (χ1n) is 20.7. The summed E-state index contributed by atoms with van der Waals surface area (Å²) in [6, 6.07) is 80.0. The van der Waals surface area contributed by atoms with Gasteiger partial charge in [0, 0.05) is 50.0 Å². The third-order valence-corrected chi connectivity index (χ3v) is 12.0. The van der Waals surface area contributed by atoms with Crippen LogP contribution in [0.25, 0.3) is 93.8 Å². The van der Waals surface area contributed by atoms with E-state index in [1.54, 1.807) is 0 Å². The van der Waals surface area contributed by atoms with E-state index in [9.17, 15) is 0 Å². The van der Waals surface area contributed by atoms with E-state index in [0.717, 1.165) is 61.3 Å². The standard InChI is InChI=1S/C57H37N3O/c1-3-14-41(15-4-1)57-58-55-49-20-10-9-17-44(49)36-51(56(55)61-57)40-27-31-47(32-28-40)59(46-29-25-39(26-30-46)43-24-23-38-13-7-8-16-42(38)35-43)48-33-34-54-52(37-48)50-21-11-12-22-53(50)60(54)45-18-5-2-6-19-45/h1-37H. The van der Waals surface area contributed by atoms with E-state index in [1.165, 1.54) is 43.7 Å². The summed E-state index contributed by atoms with van der Waals surface area (Å²) in [5, 5.41) is 7.09. The van der Waals surface area contributed by atoms with Gasteiger partial charge in [-0.15, -0.1) is 0 Å². The summed E-state index contributed by atoms with van der Waals surface area (Å²) in [5.74, 6) is 0.618. The van der Waals surface area contributed by atoms with E-state index in [-0.39, 0.29) is 0 Å². The molecule has 286 valence electrons. The van der Waals surface area contributed by atoms with Crippen molar-refractivity contribution in [1.29, 1.82) is 0 Å². The van der Waals surface area contributed by atoms with Gasteiger partial charge in [-0.25, -0.2) is 4.98 Å². The van der Waals surface area contributed by atoms with Crippen LogP contribution in [0.3, 0.4) is 0 Å². The molecule has 0 amide bonds. The van der Waals surface area contributed by atoms with Crippen molar-refractivity contribution in [3.63, 3.8) is 0 Å². The number of benzene rings is 10. The van der Waals surface area contributed by atoms with Crippen LogP contribution in [0.2, 0.25) is 0 Å². The second-order valence-electron chi connectivity index (χ2n) is 15.6. The van der Waals surface area contributed by atoms with Crippen molar-refractivity contribution in [2.75, 3.05) is 4.90 Å². The molecule has 12 rings (SSSR count). The Labute approximate surface area is 352 Å². The summed E-state index contributed by atoms with van der Waals surface area (Å²) in [6.45, 7) is 0. The van der Waals surface area contributed by atoms with Gasteiger partial charge in [-0.1, -0.05) is 140 Å². The van der Waals surface area contributed by atoms with Gasteiger partial charge in [-0.3, -0.25) is 0 Å². The fourth-order valence-electron chi connectivity index (χ4n) is 9.03. The number of hydrogen-bond donors (Lipinski definition) is 0.